The Labute approximate surface area is 231 Å². The zero-order chi connectivity index (χ0) is 26.6. The first kappa shape index (κ1) is 26.4. The number of fused-ring (bicyclic) bond motifs is 1. The molecule has 0 atom stereocenters. The van der Waals surface area contributed by atoms with Crippen LogP contribution in [0.2, 0.25) is 0 Å². The van der Waals surface area contributed by atoms with Gasteiger partial charge in [-0.15, -0.1) is 0 Å². The van der Waals surface area contributed by atoms with Gasteiger partial charge in [0.05, 0.1) is 10.5 Å². The molecule has 0 aliphatic carbocycles. The Balaban J connectivity index is 1.48. The lowest BCUT2D eigenvalue weighted by atomic mass is 10.2. The molecule has 3 aromatic rings. The van der Waals surface area contributed by atoms with E-state index >= 15 is 0 Å². The lowest BCUT2D eigenvalue weighted by Gasteiger charge is -2.37. The third-order valence-electron chi connectivity index (χ3n) is 6.79. The highest BCUT2D eigenvalue weighted by Gasteiger charge is 2.33. The second-order valence-electron chi connectivity index (χ2n) is 9.23. The summed E-state index contributed by atoms with van der Waals surface area (Å²) in [5, 5.41) is 0. The zero-order valence-corrected chi connectivity index (χ0v) is 23.3. The number of ether oxygens (including phenoxy) is 1. The monoisotopic (exact) mass is 549 g/mol. The number of carbonyl (C=O) groups excluding carboxylic acids is 1. The molecule has 0 bridgehead atoms. The Morgan fingerprint density at radius 2 is 1.79 bits per heavy atom. The fourth-order valence-electron chi connectivity index (χ4n) is 4.78. The average Bonchev–Trinajstić information content (AvgIpc) is 3.20. The summed E-state index contributed by atoms with van der Waals surface area (Å²) in [4.78, 5) is 38.6. The van der Waals surface area contributed by atoms with E-state index in [0.29, 0.717) is 65.5 Å². The molecule has 1 aromatic carbocycles. The molecule has 8 nitrogen and oxygen atoms in total. The van der Waals surface area contributed by atoms with E-state index in [-0.39, 0.29) is 11.5 Å². The fraction of sp³-hybridized carbons (Fsp3) is 0.357. The molecule has 0 radical (unpaired) electrons. The normalized spacial score (nSPS) is 17.3. The van der Waals surface area contributed by atoms with Crippen LogP contribution < -0.4 is 15.4 Å². The van der Waals surface area contributed by atoms with E-state index in [2.05, 4.69) is 21.9 Å². The minimum Gasteiger partial charge on any atom is -0.382 e. The van der Waals surface area contributed by atoms with Crippen molar-refractivity contribution in [3.8, 4) is 0 Å². The molecule has 2 aliphatic rings. The molecule has 0 N–H and O–H groups in total. The third-order valence-corrected chi connectivity index (χ3v) is 8.17. The van der Waals surface area contributed by atoms with Gasteiger partial charge in [0, 0.05) is 57.8 Å². The van der Waals surface area contributed by atoms with Crippen molar-refractivity contribution in [2.75, 3.05) is 55.7 Å². The Hall–Kier alpha value is -3.21. The molecule has 4 heterocycles. The van der Waals surface area contributed by atoms with E-state index in [1.165, 1.54) is 17.4 Å². The number of aryl methyl sites for hydroxylation is 1. The molecular formula is C28H31N5O3S2. The molecule has 2 aromatic heterocycles. The van der Waals surface area contributed by atoms with E-state index in [1.807, 2.05) is 44.2 Å². The number of hydrogen-bond acceptors (Lipinski definition) is 8. The number of carbonyl (C=O) groups is 1. The maximum absolute atomic E-state index is 13.8. The van der Waals surface area contributed by atoms with E-state index in [4.69, 9.17) is 21.9 Å². The molecule has 38 heavy (non-hydrogen) atoms. The predicted molar refractivity (Wildman–Crippen MR) is 158 cm³/mol. The van der Waals surface area contributed by atoms with Crippen LogP contribution in [0.4, 0.5) is 11.5 Å². The van der Waals surface area contributed by atoms with Gasteiger partial charge in [0.1, 0.15) is 15.8 Å². The first-order valence-corrected chi connectivity index (χ1v) is 14.1. The lowest BCUT2D eigenvalue weighted by molar-refractivity contribution is -0.122. The maximum atomic E-state index is 13.8. The second-order valence-corrected chi connectivity index (χ2v) is 10.9. The number of pyridine rings is 1. The Kier molecular flexibility index (Phi) is 8.11. The van der Waals surface area contributed by atoms with Crippen LogP contribution in [0.3, 0.4) is 0 Å². The van der Waals surface area contributed by atoms with Crippen molar-refractivity contribution in [2.45, 2.75) is 20.3 Å². The molecule has 1 amide bonds. The van der Waals surface area contributed by atoms with E-state index in [0.717, 1.165) is 18.7 Å². The molecule has 0 saturated carbocycles. The fourth-order valence-corrected chi connectivity index (χ4v) is 6.07. The summed E-state index contributed by atoms with van der Waals surface area (Å²) < 4.78 is 7.47. The highest BCUT2D eigenvalue weighted by Crippen LogP contribution is 2.34. The number of rotatable bonds is 8. The molecule has 2 fully saturated rings. The van der Waals surface area contributed by atoms with Crippen molar-refractivity contribution in [2.24, 2.45) is 0 Å². The van der Waals surface area contributed by atoms with Crippen molar-refractivity contribution in [1.82, 2.24) is 14.3 Å². The number of benzene rings is 1. The number of nitrogens with zero attached hydrogens (tertiary/aromatic N) is 5. The summed E-state index contributed by atoms with van der Waals surface area (Å²) in [6.45, 7) is 8.63. The largest absolute Gasteiger partial charge is 0.382 e. The number of piperazine rings is 1. The Bertz CT molecular complexity index is 1430. The van der Waals surface area contributed by atoms with Crippen LogP contribution >= 0.6 is 24.0 Å². The molecule has 2 saturated heterocycles. The summed E-state index contributed by atoms with van der Waals surface area (Å²) >= 11 is 6.74. The van der Waals surface area contributed by atoms with Gasteiger partial charge in [0.2, 0.25) is 0 Å². The highest BCUT2D eigenvalue weighted by molar-refractivity contribution is 8.26. The number of para-hydroxylation sites is 1. The number of thioether (sulfide) groups is 1. The van der Waals surface area contributed by atoms with Crippen LogP contribution in [0.15, 0.2) is 58.4 Å². The zero-order valence-electron chi connectivity index (χ0n) is 21.6. The predicted octanol–water partition coefficient (Wildman–Crippen LogP) is 3.96. The van der Waals surface area contributed by atoms with Crippen LogP contribution in [0.5, 0.6) is 0 Å². The van der Waals surface area contributed by atoms with Crippen molar-refractivity contribution < 1.29 is 9.53 Å². The molecule has 0 unspecified atom stereocenters. The van der Waals surface area contributed by atoms with Gasteiger partial charge >= 0.3 is 0 Å². The van der Waals surface area contributed by atoms with Gasteiger partial charge < -0.3 is 14.5 Å². The highest BCUT2D eigenvalue weighted by atomic mass is 32.2. The molecule has 198 valence electrons. The summed E-state index contributed by atoms with van der Waals surface area (Å²) in [7, 11) is 0. The summed E-state index contributed by atoms with van der Waals surface area (Å²) in [5.74, 6) is 0.434. The molecular weight excluding hydrogens is 518 g/mol. The van der Waals surface area contributed by atoms with Crippen molar-refractivity contribution >= 4 is 57.4 Å². The smallest absolute Gasteiger partial charge is 0.267 e. The van der Waals surface area contributed by atoms with Gasteiger partial charge in [-0.25, -0.2) is 4.98 Å². The Morgan fingerprint density at radius 3 is 2.53 bits per heavy atom. The van der Waals surface area contributed by atoms with Gasteiger partial charge in [-0.1, -0.05) is 48.2 Å². The first-order chi connectivity index (χ1) is 18.5. The second kappa shape index (κ2) is 11.7. The summed E-state index contributed by atoms with van der Waals surface area (Å²) in [5.41, 5.74) is 2.94. The standard InChI is InChI=1S/C28H31N5O3S2/c1-3-36-18-8-13-33-27(35)23(38-28(33)37)19-22-25(29-24-20(2)9-7-12-32(24)26(22)34)31-16-14-30(15-17-31)21-10-5-4-6-11-21/h4-7,9-12,19H,3,8,13-18H2,1-2H3. The third kappa shape index (κ3) is 5.34. The first-order valence-electron chi connectivity index (χ1n) is 12.9. The molecule has 2 aliphatic heterocycles. The van der Waals surface area contributed by atoms with Crippen molar-refractivity contribution in [3.05, 3.63) is 75.0 Å². The van der Waals surface area contributed by atoms with Gasteiger partial charge in [0.25, 0.3) is 11.5 Å². The molecule has 10 heteroatoms. The van der Waals surface area contributed by atoms with Crippen LogP contribution in [0.25, 0.3) is 11.7 Å². The number of anilines is 2. The minimum absolute atomic E-state index is 0.176. The van der Waals surface area contributed by atoms with Crippen molar-refractivity contribution in [1.29, 1.82) is 0 Å². The maximum Gasteiger partial charge on any atom is 0.267 e. The molecule has 5 rings (SSSR count). The van der Waals surface area contributed by atoms with Gasteiger partial charge in [-0.3, -0.25) is 18.9 Å². The van der Waals surface area contributed by atoms with E-state index in [1.54, 1.807) is 21.6 Å². The average molecular weight is 550 g/mol. The topological polar surface area (TPSA) is 70.4 Å². The van der Waals surface area contributed by atoms with E-state index in [9.17, 15) is 9.59 Å². The Morgan fingerprint density at radius 1 is 1.05 bits per heavy atom. The summed E-state index contributed by atoms with van der Waals surface area (Å²) in [6, 6.07) is 14.1. The number of aromatic nitrogens is 2. The SMILES string of the molecule is CCOCCCN1C(=O)C(=Cc2c(N3CCN(c4ccccc4)CC3)nc3c(C)cccn3c2=O)SC1=S. The number of thiocarbonyl (C=S) groups is 1. The van der Waals surface area contributed by atoms with Gasteiger partial charge in [0.15, 0.2) is 0 Å². The van der Waals surface area contributed by atoms with Crippen molar-refractivity contribution in [3.63, 3.8) is 0 Å². The van der Waals surface area contributed by atoms with Crippen LogP contribution in [0.1, 0.15) is 24.5 Å². The van der Waals surface area contributed by atoms with Gasteiger partial charge in [-0.2, -0.15) is 0 Å². The minimum atomic E-state index is -0.194. The molecule has 0 spiro atoms. The number of hydrogen-bond donors (Lipinski definition) is 0. The van der Waals surface area contributed by atoms with Crippen LogP contribution in [-0.2, 0) is 9.53 Å². The van der Waals surface area contributed by atoms with Crippen LogP contribution in [-0.4, -0.2) is 70.4 Å². The lowest BCUT2D eigenvalue weighted by Crippen LogP contribution is -2.47. The van der Waals surface area contributed by atoms with Gasteiger partial charge in [-0.05, 0) is 50.1 Å². The van der Waals surface area contributed by atoms with Crippen LogP contribution in [0, 0.1) is 6.92 Å². The summed E-state index contributed by atoms with van der Waals surface area (Å²) in [6.07, 6.45) is 4.11. The van der Waals surface area contributed by atoms with E-state index < -0.39 is 0 Å². The quantitative estimate of drug-likeness (QED) is 0.238. The number of amides is 1.